The Kier molecular flexibility index (Phi) is 6.44. The molecule has 2 aliphatic carbocycles. The van der Waals surface area contributed by atoms with Crippen molar-refractivity contribution >= 4 is 68.1 Å². The number of benzene rings is 3. The Bertz CT molecular complexity index is 1790. The fourth-order valence-electron chi connectivity index (χ4n) is 7.80. The summed E-state index contributed by atoms with van der Waals surface area (Å²) in [6.45, 7) is 0.409. The normalized spacial score (nSPS) is 29.0. The van der Waals surface area contributed by atoms with Crippen LogP contribution in [-0.4, -0.2) is 22.0 Å². The first kappa shape index (κ1) is 26.8. The predicted molar refractivity (Wildman–Crippen MR) is 167 cm³/mol. The number of carbonyl (C=O) groups excluding carboxylic acids is 2. The molecule has 7 atom stereocenters. The molecule has 5 unspecified atom stereocenters. The van der Waals surface area contributed by atoms with E-state index in [1.165, 1.54) is 16.2 Å². The van der Waals surface area contributed by atoms with Crippen molar-refractivity contribution in [3.63, 3.8) is 0 Å². The number of nitrogens with zero attached hydrogens (tertiary/aromatic N) is 1. The molecule has 8 rings (SSSR count). The first-order chi connectivity index (χ1) is 20.4. The number of imide groups is 1. The molecule has 0 radical (unpaired) electrons. The maximum atomic E-state index is 13.9. The lowest BCUT2D eigenvalue weighted by Crippen LogP contribution is -2.42. The summed E-state index contributed by atoms with van der Waals surface area (Å²) in [5, 5.41) is 1.73. The van der Waals surface area contributed by atoms with Crippen molar-refractivity contribution in [1.29, 1.82) is 0 Å². The van der Waals surface area contributed by atoms with Gasteiger partial charge in [0, 0.05) is 25.5 Å². The minimum absolute atomic E-state index is 0.0298. The van der Waals surface area contributed by atoms with Crippen molar-refractivity contribution in [2.24, 2.45) is 29.6 Å². The monoisotopic (exact) mass is 678 g/mol. The van der Waals surface area contributed by atoms with E-state index in [0.29, 0.717) is 17.3 Å². The van der Waals surface area contributed by atoms with Gasteiger partial charge in [0.2, 0.25) is 11.8 Å². The highest BCUT2D eigenvalue weighted by atomic mass is 79.9. The number of rotatable bonds is 5. The smallest absolute Gasteiger partial charge is 0.305 e. The van der Waals surface area contributed by atoms with Crippen molar-refractivity contribution in [3.8, 4) is 5.75 Å². The van der Waals surface area contributed by atoms with Crippen molar-refractivity contribution in [3.05, 3.63) is 108 Å². The predicted octanol–water partition coefficient (Wildman–Crippen LogP) is 7.11. The Morgan fingerprint density at radius 2 is 1.69 bits per heavy atom. The fraction of sp³-hybridized carbons (Fsp3) is 0.281. The SMILES string of the molecule is O=C1C2C(C(=O)N1c1ccc(Br)cc1)[C@@H]1C[C@H]2C2Sc3[nH]c(=O)sc3C(c3ccc(OCc4cccc(Cl)c4)cc3)C21. The third-order valence-electron chi connectivity index (χ3n) is 9.34. The van der Waals surface area contributed by atoms with Crippen LogP contribution in [0.4, 0.5) is 5.69 Å². The molecule has 0 spiro atoms. The molecule has 6 nitrogen and oxygen atoms in total. The lowest BCUT2D eigenvalue weighted by Gasteiger charge is -2.43. The zero-order valence-electron chi connectivity index (χ0n) is 22.0. The van der Waals surface area contributed by atoms with Gasteiger partial charge in [0.05, 0.1) is 22.5 Å². The van der Waals surface area contributed by atoms with Crippen molar-refractivity contribution in [2.75, 3.05) is 4.90 Å². The van der Waals surface area contributed by atoms with Crippen molar-refractivity contribution < 1.29 is 14.3 Å². The maximum absolute atomic E-state index is 13.9. The van der Waals surface area contributed by atoms with Crippen LogP contribution in [0.5, 0.6) is 5.75 Å². The zero-order chi connectivity index (χ0) is 28.7. The quantitative estimate of drug-likeness (QED) is 0.228. The molecule has 4 aromatic rings. The van der Waals surface area contributed by atoms with Crippen LogP contribution in [-0.2, 0) is 16.2 Å². The lowest BCUT2D eigenvalue weighted by molar-refractivity contribution is -0.123. The number of aromatic nitrogens is 1. The van der Waals surface area contributed by atoms with Gasteiger partial charge in [0.15, 0.2) is 0 Å². The van der Waals surface area contributed by atoms with Crippen LogP contribution >= 0.6 is 50.6 Å². The summed E-state index contributed by atoms with van der Waals surface area (Å²) in [5.74, 6) is 0.231. The van der Waals surface area contributed by atoms with Gasteiger partial charge in [0.25, 0.3) is 0 Å². The number of aromatic amines is 1. The van der Waals surface area contributed by atoms with Gasteiger partial charge in [-0.15, -0.1) is 11.8 Å². The van der Waals surface area contributed by atoms with E-state index in [9.17, 15) is 14.4 Å². The average molecular weight is 680 g/mol. The minimum Gasteiger partial charge on any atom is -0.489 e. The second-order valence-electron chi connectivity index (χ2n) is 11.4. The number of hydrogen-bond donors (Lipinski definition) is 1. The number of H-pyrrole nitrogens is 1. The number of anilines is 1. The van der Waals surface area contributed by atoms with Gasteiger partial charge < -0.3 is 9.72 Å². The molecule has 4 aliphatic rings. The average Bonchev–Trinajstić information content (AvgIpc) is 3.72. The maximum Gasteiger partial charge on any atom is 0.305 e. The number of thiazole rings is 1. The molecular formula is C32H24BrClN2O4S2. The molecule has 42 heavy (non-hydrogen) atoms. The fourth-order valence-corrected chi connectivity index (χ4v) is 11.2. The third-order valence-corrected chi connectivity index (χ3v) is 12.7. The summed E-state index contributed by atoms with van der Waals surface area (Å²) in [5.41, 5.74) is 2.72. The molecule has 3 heterocycles. The second kappa shape index (κ2) is 10.1. The van der Waals surface area contributed by atoms with Crippen LogP contribution in [0, 0.1) is 29.6 Å². The summed E-state index contributed by atoms with van der Waals surface area (Å²) in [6, 6.07) is 23.1. The minimum atomic E-state index is -0.326. The summed E-state index contributed by atoms with van der Waals surface area (Å²) in [4.78, 5) is 45.7. The first-order valence-electron chi connectivity index (χ1n) is 13.9. The molecule has 1 aromatic heterocycles. The van der Waals surface area contributed by atoms with E-state index in [4.69, 9.17) is 16.3 Å². The standard InChI is InChI=1S/C32H24BrClN2O4S2/c33-17-6-8-19(9-7-17)36-30(37)25-21-13-22(26(25)31(36)38)27-24(21)23(28-29(41-27)35-32(39)42-28)16-4-10-20(11-5-16)40-14-15-2-1-3-18(34)12-15/h1-12,21-27H,13-14H2,(H,35,39)/t21-,22-,23?,24?,25?,26?,27?/m1/s1. The van der Waals surface area contributed by atoms with Gasteiger partial charge in [-0.05, 0) is 83.8 Å². The third kappa shape index (κ3) is 4.15. The first-order valence-corrected chi connectivity index (χ1v) is 16.7. The summed E-state index contributed by atoms with van der Waals surface area (Å²) < 4.78 is 6.94. The van der Waals surface area contributed by atoms with Gasteiger partial charge in [-0.1, -0.05) is 63.1 Å². The van der Waals surface area contributed by atoms with Crippen LogP contribution in [0.15, 0.2) is 87.1 Å². The molecular weight excluding hydrogens is 656 g/mol. The van der Waals surface area contributed by atoms with Gasteiger partial charge in [-0.3, -0.25) is 19.3 Å². The van der Waals surface area contributed by atoms with Crippen LogP contribution in [0.25, 0.3) is 0 Å². The molecule has 3 aromatic carbocycles. The molecule has 2 aliphatic heterocycles. The number of carbonyl (C=O) groups is 2. The van der Waals surface area contributed by atoms with Crippen LogP contribution < -0.4 is 14.5 Å². The Labute approximate surface area is 263 Å². The Hall–Kier alpha value is -2.85. The van der Waals surface area contributed by atoms with Gasteiger partial charge in [0.1, 0.15) is 12.4 Å². The Morgan fingerprint density at radius 3 is 2.43 bits per heavy atom. The van der Waals surface area contributed by atoms with Gasteiger partial charge in [-0.25, -0.2) is 0 Å². The second-order valence-corrected chi connectivity index (χ2v) is 15.0. The summed E-state index contributed by atoms with van der Waals surface area (Å²) >= 11 is 12.5. The van der Waals surface area contributed by atoms with Crippen LogP contribution in [0.1, 0.15) is 28.3 Å². The van der Waals surface area contributed by atoms with Crippen LogP contribution in [0.2, 0.25) is 5.02 Å². The number of ether oxygens (including phenoxy) is 1. The highest BCUT2D eigenvalue weighted by molar-refractivity contribution is 9.10. The zero-order valence-corrected chi connectivity index (χ0v) is 26.0. The molecule has 2 saturated carbocycles. The van der Waals surface area contributed by atoms with Crippen LogP contribution in [0.3, 0.4) is 0 Å². The molecule has 2 amide bonds. The number of fused-ring (bicyclic) bond motifs is 9. The van der Waals surface area contributed by atoms with E-state index in [-0.39, 0.29) is 57.4 Å². The number of thioether (sulfide) groups is 1. The van der Waals surface area contributed by atoms with Gasteiger partial charge >= 0.3 is 4.87 Å². The van der Waals surface area contributed by atoms with Gasteiger partial charge in [-0.2, -0.15) is 0 Å². The highest BCUT2D eigenvalue weighted by Crippen LogP contribution is 2.68. The molecule has 212 valence electrons. The molecule has 3 fully saturated rings. The summed E-state index contributed by atoms with van der Waals surface area (Å²) in [7, 11) is 0. The number of hydrogen-bond acceptors (Lipinski definition) is 6. The lowest BCUT2D eigenvalue weighted by atomic mass is 9.68. The van der Waals surface area contributed by atoms with E-state index in [1.807, 2.05) is 60.7 Å². The highest BCUT2D eigenvalue weighted by Gasteiger charge is 2.69. The van der Waals surface area contributed by atoms with E-state index < -0.39 is 0 Å². The van der Waals surface area contributed by atoms with E-state index >= 15 is 0 Å². The molecule has 2 bridgehead atoms. The largest absolute Gasteiger partial charge is 0.489 e. The van der Waals surface area contributed by atoms with Crippen molar-refractivity contribution in [1.82, 2.24) is 4.98 Å². The summed E-state index contributed by atoms with van der Waals surface area (Å²) in [6.07, 6.45) is 0.861. The molecule has 10 heteroatoms. The number of amides is 2. The Morgan fingerprint density at radius 1 is 0.952 bits per heavy atom. The number of halogens is 2. The number of nitrogens with one attached hydrogen (secondary N) is 1. The van der Waals surface area contributed by atoms with Crippen molar-refractivity contribution in [2.45, 2.75) is 29.2 Å². The molecule has 1 saturated heterocycles. The Balaban J connectivity index is 1.11. The topological polar surface area (TPSA) is 79.5 Å². The molecule has 1 N–H and O–H groups in total. The van der Waals surface area contributed by atoms with E-state index in [0.717, 1.165) is 37.7 Å². The van der Waals surface area contributed by atoms with E-state index in [2.05, 4.69) is 33.0 Å². The van der Waals surface area contributed by atoms with E-state index in [1.54, 1.807) is 11.8 Å².